The standard InChI is InChI=1S/C52H33N5O/c1-32-31-35(52-54-50(33-17-5-2-6-18-33)53-51(55-52)34-19-7-3-8-20-34)29-30-40(32)57-42-27-15-12-24-38(42)45-48(57)44-37-23-11-14-26-41(37)56(36-21-9-4-10-22-36)47(44)46-39-25-13-16-28-43(39)58-49(45)46/h2-31H,1H3. The van der Waals surface area contributed by atoms with E-state index in [0.29, 0.717) is 17.5 Å². The normalized spacial score (nSPS) is 11.9. The van der Waals surface area contributed by atoms with Gasteiger partial charge in [0.15, 0.2) is 17.5 Å². The quantitative estimate of drug-likeness (QED) is 0.176. The summed E-state index contributed by atoms with van der Waals surface area (Å²) in [6.07, 6.45) is 0. The summed E-state index contributed by atoms with van der Waals surface area (Å²) < 4.78 is 11.8. The zero-order chi connectivity index (χ0) is 38.3. The van der Waals surface area contributed by atoms with E-state index in [-0.39, 0.29) is 0 Å². The van der Waals surface area contributed by atoms with Crippen LogP contribution in [0.5, 0.6) is 0 Å². The fraction of sp³-hybridized carbons (Fsp3) is 0.0192. The van der Waals surface area contributed by atoms with Crippen molar-refractivity contribution in [3.63, 3.8) is 0 Å². The largest absolute Gasteiger partial charge is 0.455 e. The Labute approximate surface area is 332 Å². The van der Waals surface area contributed by atoms with Crippen LogP contribution in [0.2, 0.25) is 0 Å². The van der Waals surface area contributed by atoms with Crippen molar-refractivity contribution in [2.24, 2.45) is 0 Å². The summed E-state index contributed by atoms with van der Waals surface area (Å²) in [7, 11) is 0. The SMILES string of the molecule is Cc1cc(-c2nc(-c3ccccc3)nc(-c3ccccc3)n2)ccc1-n1c2ccccc2c2c3oc4ccccc4c3c3c(c4ccccc4n3-c3ccccc3)c21. The molecule has 4 aromatic heterocycles. The lowest BCUT2D eigenvalue weighted by Gasteiger charge is -2.14. The van der Waals surface area contributed by atoms with E-state index < -0.39 is 0 Å². The highest BCUT2D eigenvalue weighted by Crippen LogP contribution is 2.49. The zero-order valence-electron chi connectivity index (χ0n) is 31.5. The van der Waals surface area contributed by atoms with Crippen LogP contribution in [-0.2, 0) is 0 Å². The third-order valence-corrected chi connectivity index (χ3v) is 11.5. The van der Waals surface area contributed by atoms with E-state index in [4.69, 9.17) is 19.4 Å². The number of para-hydroxylation sites is 4. The average molecular weight is 744 g/mol. The lowest BCUT2D eigenvalue weighted by atomic mass is 10.0. The Morgan fingerprint density at radius 3 is 1.53 bits per heavy atom. The Morgan fingerprint density at radius 1 is 0.414 bits per heavy atom. The summed E-state index contributed by atoms with van der Waals surface area (Å²) in [6, 6.07) is 63.4. The third kappa shape index (κ3) is 4.75. The van der Waals surface area contributed by atoms with Gasteiger partial charge in [0, 0.05) is 49.6 Å². The molecule has 0 atom stereocenters. The molecule has 12 aromatic rings. The Balaban J connectivity index is 1.18. The summed E-state index contributed by atoms with van der Waals surface area (Å²) in [4.78, 5) is 15.0. The molecule has 6 heteroatoms. The van der Waals surface area contributed by atoms with Gasteiger partial charge in [-0.3, -0.25) is 0 Å². The van der Waals surface area contributed by atoms with Gasteiger partial charge >= 0.3 is 0 Å². The van der Waals surface area contributed by atoms with E-state index in [0.717, 1.165) is 88.4 Å². The average Bonchev–Trinajstić information content (AvgIpc) is 3.95. The van der Waals surface area contributed by atoms with Crippen LogP contribution >= 0.6 is 0 Å². The summed E-state index contributed by atoms with van der Waals surface area (Å²) >= 11 is 0. The van der Waals surface area contributed by atoms with Crippen molar-refractivity contribution in [1.82, 2.24) is 24.1 Å². The molecule has 0 aliphatic carbocycles. The van der Waals surface area contributed by atoms with Crippen molar-refractivity contribution in [2.75, 3.05) is 0 Å². The first-order valence-corrected chi connectivity index (χ1v) is 19.5. The topological polar surface area (TPSA) is 61.7 Å². The van der Waals surface area contributed by atoms with Crippen LogP contribution in [0.3, 0.4) is 0 Å². The second-order valence-electron chi connectivity index (χ2n) is 14.8. The molecule has 8 aromatic carbocycles. The Kier molecular flexibility index (Phi) is 7.04. The zero-order valence-corrected chi connectivity index (χ0v) is 31.5. The molecule has 0 saturated heterocycles. The highest BCUT2D eigenvalue weighted by Gasteiger charge is 2.28. The van der Waals surface area contributed by atoms with Crippen LogP contribution in [0, 0.1) is 6.92 Å². The molecule has 0 unspecified atom stereocenters. The highest BCUT2D eigenvalue weighted by molar-refractivity contribution is 6.39. The molecule has 0 aliphatic rings. The van der Waals surface area contributed by atoms with Gasteiger partial charge in [-0.1, -0.05) is 133 Å². The third-order valence-electron chi connectivity index (χ3n) is 11.5. The lowest BCUT2D eigenvalue weighted by Crippen LogP contribution is -2.02. The molecule has 4 heterocycles. The number of hydrogen-bond donors (Lipinski definition) is 0. The smallest absolute Gasteiger partial charge is 0.164 e. The number of furan rings is 1. The number of rotatable bonds is 5. The van der Waals surface area contributed by atoms with E-state index in [1.165, 1.54) is 10.8 Å². The molecule has 12 rings (SSSR count). The first-order chi connectivity index (χ1) is 28.7. The minimum atomic E-state index is 0.627. The number of benzene rings is 8. The highest BCUT2D eigenvalue weighted by atomic mass is 16.3. The predicted molar refractivity (Wildman–Crippen MR) is 237 cm³/mol. The maximum atomic E-state index is 6.97. The molecule has 58 heavy (non-hydrogen) atoms. The van der Waals surface area contributed by atoms with E-state index in [1.807, 2.05) is 60.7 Å². The van der Waals surface area contributed by atoms with Crippen LogP contribution in [0.4, 0.5) is 0 Å². The molecule has 0 aliphatic heterocycles. The van der Waals surface area contributed by atoms with Gasteiger partial charge in [0.25, 0.3) is 0 Å². The summed E-state index contributed by atoms with van der Waals surface area (Å²) in [5, 5.41) is 6.83. The lowest BCUT2D eigenvalue weighted by molar-refractivity contribution is 0.673. The van der Waals surface area contributed by atoms with Crippen molar-refractivity contribution in [3.8, 4) is 45.5 Å². The number of aryl methyl sites for hydroxylation is 1. The van der Waals surface area contributed by atoms with E-state index in [2.05, 4.69) is 137 Å². The summed E-state index contributed by atoms with van der Waals surface area (Å²) in [6.45, 7) is 2.18. The Morgan fingerprint density at radius 2 is 0.897 bits per heavy atom. The van der Waals surface area contributed by atoms with E-state index in [1.54, 1.807) is 0 Å². The molecule has 0 amide bonds. The summed E-state index contributed by atoms with van der Waals surface area (Å²) in [5.74, 6) is 1.91. The molecule has 0 bridgehead atoms. The molecule has 272 valence electrons. The number of fused-ring (bicyclic) bond motifs is 12. The maximum absolute atomic E-state index is 6.97. The fourth-order valence-electron chi connectivity index (χ4n) is 8.96. The van der Waals surface area contributed by atoms with Gasteiger partial charge in [0.05, 0.1) is 32.8 Å². The van der Waals surface area contributed by atoms with Gasteiger partial charge < -0.3 is 13.6 Å². The number of hydrogen-bond acceptors (Lipinski definition) is 4. The Hall–Kier alpha value is -7.83. The van der Waals surface area contributed by atoms with Gasteiger partial charge in [-0.2, -0.15) is 0 Å². The predicted octanol–water partition coefficient (Wildman–Crippen LogP) is 13.3. The van der Waals surface area contributed by atoms with Crippen molar-refractivity contribution in [3.05, 3.63) is 188 Å². The first-order valence-electron chi connectivity index (χ1n) is 19.5. The van der Waals surface area contributed by atoms with Gasteiger partial charge in [0.2, 0.25) is 0 Å². The Bertz CT molecular complexity index is 3510. The minimum absolute atomic E-state index is 0.627. The van der Waals surface area contributed by atoms with Crippen molar-refractivity contribution < 1.29 is 4.42 Å². The van der Waals surface area contributed by atoms with Crippen LogP contribution in [0.1, 0.15) is 5.56 Å². The van der Waals surface area contributed by atoms with Gasteiger partial charge in [-0.15, -0.1) is 0 Å². The number of aromatic nitrogens is 5. The maximum Gasteiger partial charge on any atom is 0.164 e. The fourth-order valence-corrected chi connectivity index (χ4v) is 8.96. The van der Waals surface area contributed by atoms with Crippen molar-refractivity contribution >= 4 is 65.6 Å². The van der Waals surface area contributed by atoms with Crippen LogP contribution in [-0.4, -0.2) is 24.1 Å². The second-order valence-corrected chi connectivity index (χ2v) is 14.8. The number of nitrogens with zero attached hydrogens (tertiary/aromatic N) is 5. The molecular weight excluding hydrogens is 711 g/mol. The molecule has 0 spiro atoms. The summed E-state index contributed by atoms with van der Waals surface area (Å²) in [5.41, 5.74) is 12.3. The molecule has 0 fully saturated rings. The van der Waals surface area contributed by atoms with E-state index >= 15 is 0 Å². The molecule has 0 saturated carbocycles. The minimum Gasteiger partial charge on any atom is -0.455 e. The second kappa shape index (κ2) is 12.6. The van der Waals surface area contributed by atoms with E-state index in [9.17, 15) is 0 Å². The van der Waals surface area contributed by atoms with Gasteiger partial charge in [-0.05, 0) is 61.0 Å². The monoisotopic (exact) mass is 743 g/mol. The molecular formula is C52H33N5O. The van der Waals surface area contributed by atoms with Crippen LogP contribution in [0.15, 0.2) is 186 Å². The van der Waals surface area contributed by atoms with Gasteiger partial charge in [-0.25, -0.2) is 15.0 Å². The van der Waals surface area contributed by atoms with Crippen molar-refractivity contribution in [1.29, 1.82) is 0 Å². The molecule has 0 radical (unpaired) electrons. The first kappa shape index (κ1) is 32.4. The van der Waals surface area contributed by atoms with Gasteiger partial charge in [0.1, 0.15) is 11.2 Å². The van der Waals surface area contributed by atoms with Crippen LogP contribution < -0.4 is 0 Å². The molecule has 0 N–H and O–H groups in total. The molecule has 6 nitrogen and oxygen atoms in total. The van der Waals surface area contributed by atoms with Crippen molar-refractivity contribution in [2.45, 2.75) is 6.92 Å². The van der Waals surface area contributed by atoms with Crippen LogP contribution in [0.25, 0.3) is 111 Å².